The van der Waals surface area contributed by atoms with Crippen molar-refractivity contribution in [2.45, 2.75) is 38.6 Å². The van der Waals surface area contributed by atoms with Crippen molar-refractivity contribution >= 4 is 11.3 Å². The summed E-state index contributed by atoms with van der Waals surface area (Å²) in [4.78, 5) is 7.00. The third-order valence-electron chi connectivity index (χ3n) is 3.38. The number of rotatable bonds is 5. The summed E-state index contributed by atoms with van der Waals surface area (Å²) in [6.07, 6.45) is 4.48. The molecule has 0 aromatic carbocycles. The predicted molar refractivity (Wildman–Crippen MR) is 73.7 cm³/mol. The number of piperazine rings is 1. The Bertz CT molecular complexity index is 310. The van der Waals surface area contributed by atoms with Gasteiger partial charge in [-0.1, -0.05) is 20.3 Å². The van der Waals surface area contributed by atoms with Gasteiger partial charge in [0.05, 0.1) is 5.01 Å². The van der Waals surface area contributed by atoms with Crippen LogP contribution in [0.2, 0.25) is 0 Å². The fourth-order valence-corrected chi connectivity index (χ4v) is 3.23. The van der Waals surface area contributed by atoms with E-state index in [2.05, 4.69) is 34.4 Å². The molecule has 3 nitrogen and oxygen atoms in total. The van der Waals surface area contributed by atoms with Gasteiger partial charge in [-0.15, -0.1) is 11.3 Å². The van der Waals surface area contributed by atoms with Gasteiger partial charge < -0.3 is 5.32 Å². The molecule has 1 aliphatic heterocycles. The Kier molecular flexibility index (Phi) is 4.95. The second-order valence-electron chi connectivity index (χ2n) is 4.97. The van der Waals surface area contributed by atoms with E-state index in [0.717, 1.165) is 13.1 Å². The summed E-state index contributed by atoms with van der Waals surface area (Å²) in [5.41, 5.74) is 0. The van der Waals surface area contributed by atoms with E-state index in [1.165, 1.54) is 30.9 Å². The predicted octanol–water partition coefficient (Wildman–Crippen LogP) is 2.32. The SMILES string of the molecule is CCCC1CN(CC(C)c2nccs2)CCN1. The summed E-state index contributed by atoms with van der Waals surface area (Å²) in [6.45, 7) is 9.21. The minimum Gasteiger partial charge on any atom is -0.311 e. The molecule has 1 aliphatic rings. The molecule has 0 saturated carbocycles. The van der Waals surface area contributed by atoms with Crippen LogP contribution < -0.4 is 5.32 Å². The molecule has 17 heavy (non-hydrogen) atoms. The minimum absolute atomic E-state index is 0.565. The Morgan fingerprint density at radius 3 is 3.24 bits per heavy atom. The van der Waals surface area contributed by atoms with Crippen molar-refractivity contribution in [1.29, 1.82) is 0 Å². The van der Waals surface area contributed by atoms with E-state index in [1.807, 2.05) is 6.20 Å². The van der Waals surface area contributed by atoms with Crippen LogP contribution in [0.25, 0.3) is 0 Å². The average Bonchev–Trinajstić information content (AvgIpc) is 2.83. The van der Waals surface area contributed by atoms with Gasteiger partial charge in [0, 0.05) is 49.7 Å². The van der Waals surface area contributed by atoms with Gasteiger partial charge in [-0.2, -0.15) is 0 Å². The zero-order valence-corrected chi connectivity index (χ0v) is 11.7. The van der Waals surface area contributed by atoms with Gasteiger partial charge in [-0.05, 0) is 6.42 Å². The van der Waals surface area contributed by atoms with Crippen molar-refractivity contribution in [3.63, 3.8) is 0 Å². The molecule has 96 valence electrons. The Balaban J connectivity index is 1.82. The second kappa shape index (κ2) is 6.47. The van der Waals surface area contributed by atoms with Crippen molar-refractivity contribution in [2.24, 2.45) is 0 Å². The third kappa shape index (κ3) is 3.76. The second-order valence-corrected chi connectivity index (χ2v) is 5.90. The molecule has 0 bridgehead atoms. The van der Waals surface area contributed by atoms with Gasteiger partial charge in [-0.3, -0.25) is 4.90 Å². The van der Waals surface area contributed by atoms with E-state index < -0.39 is 0 Å². The smallest absolute Gasteiger partial charge is 0.0965 e. The molecular weight excluding hydrogens is 230 g/mol. The lowest BCUT2D eigenvalue weighted by Crippen LogP contribution is -2.51. The highest BCUT2D eigenvalue weighted by Gasteiger charge is 2.21. The van der Waals surface area contributed by atoms with Crippen molar-refractivity contribution < 1.29 is 0 Å². The highest BCUT2D eigenvalue weighted by Crippen LogP contribution is 2.19. The van der Waals surface area contributed by atoms with E-state index in [4.69, 9.17) is 0 Å². The molecule has 1 N–H and O–H groups in total. The fraction of sp³-hybridized carbons (Fsp3) is 0.769. The number of thiazole rings is 1. The van der Waals surface area contributed by atoms with Gasteiger partial charge in [0.15, 0.2) is 0 Å². The molecule has 1 fully saturated rings. The van der Waals surface area contributed by atoms with Crippen LogP contribution in [0, 0.1) is 0 Å². The normalized spacial score (nSPS) is 23.8. The molecule has 0 aliphatic carbocycles. The number of hydrogen-bond donors (Lipinski definition) is 1. The number of aromatic nitrogens is 1. The van der Waals surface area contributed by atoms with Crippen molar-refractivity contribution in [2.75, 3.05) is 26.2 Å². The summed E-state index contributed by atoms with van der Waals surface area (Å²) in [6, 6.07) is 0.692. The van der Waals surface area contributed by atoms with E-state index in [-0.39, 0.29) is 0 Å². The van der Waals surface area contributed by atoms with E-state index >= 15 is 0 Å². The first-order valence-electron chi connectivity index (χ1n) is 6.64. The molecule has 4 heteroatoms. The van der Waals surface area contributed by atoms with Crippen LogP contribution >= 0.6 is 11.3 Å². The fourth-order valence-electron chi connectivity index (χ4n) is 2.55. The molecule has 1 aromatic rings. The van der Waals surface area contributed by atoms with Crippen molar-refractivity contribution in [3.8, 4) is 0 Å². The van der Waals surface area contributed by atoms with Crippen molar-refractivity contribution in [3.05, 3.63) is 16.6 Å². The topological polar surface area (TPSA) is 28.2 Å². The lowest BCUT2D eigenvalue weighted by Gasteiger charge is -2.34. The first kappa shape index (κ1) is 13.0. The molecule has 0 amide bonds. The Labute approximate surface area is 108 Å². The maximum atomic E-state index is 4.41. The molecule has 1 saturated heterocycles. The van der Waals surface area contributed by atoms with Gasteiger partial charge in [0.25, 0.3) is 0 Å². The van der Waals surface area contributed by atoms with Crippen LogP contribution in [0.4, 0.5) is 0 Å². The van der Waals surface area contributed by atoms with E-state index in [0.29, 0.717) is 12.0 Å². The maximum absolute atomic E-state index is 4.41. The van der Waals surface area contributed by atoms with Gasteiger partial charge in [0.1, 0.15) is 0 Å². The molecule has 2 atom stereocenters. The third-order valence-corrected chi connectivity index (χ3v) is 4.39. The molecule has 0 radical (unpaired) electrons. The summed E-state index contributed by atoms with van der Waals surface area (Å²) in [5, 5.41) is 6.95. The van der Waals surface area contributed by atoms with Crippen LogP contribution in [0.1, 0.15) is 37.6 Å². The Morgan fingerprint density at radius 2 is 2.53 bits per heavy atom. The monoisotopic (exact) mass is 253 g/mol. The largest absolute Gasteiger partial charge is 0.311 e. The first-order valence-corrected chi connectivity index (χ1v) is 7.52. The average molecular weight is 253 g/mol. The van der Waals surface area contributed by atoms with Gasteiger partial charge in [-0.25, -0.2) is 4.98 Å². The Morgan fingerprint density at radius 1 is 1.65 bits per heavy atom. The van der Waals surface area contributed by atoms with Crippen molar-refractivity contribution in [1.82, 2.24) is 15.2 Å². The summed E-state index contributed by atoms with van der Waals surface area (Å²) >= 11 is 1.78. The van der Waals surface area contributed by atoms with E-state index in [9.17, 15) is 0 Å². The molecular formula is C13H23N3S. The highest BCUT2D eigenvalue weighted by atomic mass is 32.1. The van der Waals surface area contributed by atoms with Gasteiger partial charge >= 0.3 is 0 Å². The molecule has 1 aromatic heterocycles. The summed E-state index contributed by atoms with van der Waals surface area (Å²) < 4.78 is 0. The quantitative estimate of drug-likeness (QED) is 0.873. The standard InChI is InChI=1S/C13H23N3S/c1-3-4-12-10-16(7-5-14-12)9-11(2)13-15-6-8-17-13/h6,8,11-12,14H,3-5,7,9-10H2,1-2H3. The zero-order valence-electron chi connectivity index (χ0n) is 10.9. The molecule has 2 unspecified atom stereocenters. The van der Waals surface area contributed by atoms with E-state index in [1.54, 1.807) is 11.3 Å². The molecule has 2 heterocycles. The number of hydrogen-bond acceptors (Lipinski definition) is 4. The maximum Gasteiger partial charge on any atom is 0.0965 e. The lowest BCUT2D eigenvalue weighted by atomic mass is 10.1. The van der Waals surface area contributed by atoms with Crippen LogP contribution in [0.5, 0.6) is 0 Å². The summed E-state index contributed by atoms with van der Waals surface area (Å²) in [7, 11) is 0. The molecule has 2 rings (SSSR count). The van der Waals surface area contributed by atoms with Crippen LogP contribution in [0.3, 0.4) is 0 Å². The first-order chi connectivity index (χ1) is 8.29. The molecule has 0 spiro atoms. The van der Waals surface area contributed by atoms with Gasteiger partial charge in [0.2, 0.25) is 0 Å². The lowest BCUT2D eigenvalue weighted by molar-refractivity contribution is 0.186. The highest BCUT2D eigenvalue weighted by molar-refractivity contribution is 7.09. The van der Waals surface area contributed by atoms with Crippen LogP contribution in [-0.4, -0.2) is 42.1 Å². The number of nitrogens with zero attached hydrogens (tertiary/aromatic N) is 2. The Hall–Kier alpha value is -0.450. The zero-order chi connectivity index (χ0) is 12.1. The number of nitrogens with one attached hydrogen (secondary N) is 1. The van der Waals surface area contributed by atoms with Crippen LogP contribution in [0.15, 0.2) is 11.6 Å². The summed E-state index contributed by atoms with van der Waals surface area (Å²) in [5.74, 6) is 0.565. The van der Waals surface area contributed by atoms with Crippen LogP contribution in [-0.2, 0) is 0 Å². The minimum atomic E-state index is 0.565.